The Bertz CT molecular complexity index is 3120. The number of carbonyl (C=O) groups excluding carboxylic acids is 7. The summed E-state index contributed by atoms with van der Waals surface area (Å²) in [5, 5.41) is 22.3. The number of alkyl carbamates (subject to hydrolysis) is 1. The number of anilines is 1. The van der Waals surface area contributed by atoms with E-state index >= 15 is 0 Å². The summed E-state index contributed by atoms with van der Waals surface area (Å²) >= 11 is 3.32. The normalized spacial score (nSPS) is 14.7. The molecule has 7 amide bonds. The molecular formula is C53H59BrF2N10O10. The van der Waals surface area contributed by atoms with Crippen molar-refractivity contribution in [2.75, 3.05) is 25.0 Å². The van der Waals surface area contributed by atoms with Crippen molar-refractivity contribution < 1.29 is 51.8 Å². The number of nitrogens with one attached hydrogen (secondary N) is 5. The van der Waals surface area contributed by atoms with Crippen LogP contribution in [0, 0.1) is 25.5 Å². The van der Waals surface area contributed by atoms with E-state index in [2.05, 4.69) is 52.8 Å². The van der Waals surface area contributed by atoms with Crippen LogP contribution in [0.25, 0.3) is 5.69 Å². The second-order valence-corrected chi connectivity index (χ2v) is 20.2. The Hall–Kier alpha value is -7.82. The molecule has 7 rings (SSSR count). The molecule has 0 bridgehead atoms. The van der Waals surface area contributed by atoms with E-state index in [9.17, 15) is 47.1 Å². The third-order valence-corrected chi connectivity index (χ3v) is 13.2. The van der Waals surface area contributed by atoms with E-state index in [1.165, 1.54) is 16.7 Å². The summed E-state index contributed by atoms with van der Waals surface area (Å²) in [5.74, 6) is -4.44. The number of unbranched alkanes of at least 4 members (excludes halogenated alkanes) is 2. The summed E-state index contributed by atoms with van der Waals surface area (Å²) in [7, 11) is 0. The molecule has 2 aliphatic heterocycles. The van der Waals surface area contributed by atoms with Crippen LogP contribution in [0.1, 0.15) is 119 Å². The van der Waals surface area contributed by atoms with Gasteiger partial charge in [0.15, 0.2) is 0 Å². The van der Waals surface area contributed by atoms with Gasteiger partial charge in [0.05, 0.1) is 22.5 Å². The molecule has 2 aliphatic rings. The van der Waals surface area contributed by atoms with Crippen molar-refractivity contribution in [3.8, 4) is 11.4 Å². The van der Waals surface area contributed by atoms with E-state index in [1.807, 2.05) is 6.92 Å². The zero-order chi connectivity index (χ0) is 54.8. The molecule has 3 aromatic carbocycles. The predicted octanol–water partition coefficient (Wildman–Crippen LogP) is 6.11. The number of pyridine rings is 1. The minimum Gasteiger partial charge on any atom is -0.487 e. The molecule has 1 saturated heterocycles. The van der Waals surface area contributed by atoms with Gasteiger partial charge in [-0.3, -0.25) is 53.0 Å². The Morgan fingerprint density at radius 1 is 0.908 bits per heavy atom. The van der Waals surface area contributed by atoms with E-state index in [1.54, 1.807) is 75.0 Å². The van der Waals surface area contributed by atoms with Crippen molar-refractivity contribution in [1.29, 1.82) is 0 Å². The summed E-state index contributed by atoms with van der Waals surface area (Å²) in [6, 6.07) is 12.6. The summed E-state index contributed by atoms with van der Waals surface area (Å²) in [5.41, 5.74) is 2.35. The zero-order valence-corrected chi connectivity index (χ0v) is 44.2. The van der Waals surface area contributed by atoms with Gasteiger partial charge in [-0.15, -0.1) is 5.10 Å². The molecule has 23 heteroatoms. The topological polar surface area (TPSA) is 254 Å². The summed E-state index contributed by atoms with van der Waals surface area (Å²) in [6.07, 6.45) is 4.13. The largest absolute Gasteiger partial charge is 0.487 e. The molecular weight excluding hydrogens is 1050 g/mol. The Kier molecular flexibility index (Phi) is 18.2. The van der Waals surface area contributed by atoms with Crippen LogP contribution in [0.15, 0.2) is 76.1 Å². The predicted molar refractivity (Wildman–Crippen MR) is 277 cm³/mol. The molecule has 20 nitrogen and oxygen atoms in total. The third kappa shape index (κ3) is 13.9. The number of amides is 7. The Morgan fingerprint density at radius 3 is 2.41 bits per heavy atom. The second-order valence-electron chi connectivity index (χ2n) is 19.4. The number of rotatable bonds is 22. The summed E-state index contributed by atoms with van der Waals surface area (Å²) in [6.45, 7) is 9.67. The number of hydrogen-bond acceptors (Lipinski definition) is 13. The van der Waals surface area contributed by atoms with Crippen LogP contribution in [-0.2, 0) is 38.7 Å². The fourth-order valence-electron chi connectivity index (χ4n) is 8.62. The number of nitrogens with zero attached hydrogens (tertiary/aromatic N) is 5. The van der Waals surface area contributed by atoms with E-state index in [0.717, 1.165) is 22.6 Å². The maximum absolute atomic E-state index is 14.2. The fourth-order valence-corrected chi connectivity index (χ4v) is 9.03. The molecule has 0 saturated carbocycles. The molecule has 402 valence electrons. The maximum atomic E-state index is 14.2. The van der Waals surface area contributed by atoms with Crippen LogP contribution in [0.2, 0.25) is 0 Å². The van der Waals surface area contributed by atoms with Crippen LogP contribution in [0.4, 0.5) is 19.3 Å². The highest BCUT2D eigenvalue weighted by Gasteiger charge is 2.45. The average molecular weight is 1110 g/mol. The molecule has 4 heterocycles. The van der Waals surface area contributed by atoms with Crippen molar-refractivity contribution in [3.05, 3.63) is 133 Å². The Morgan fingerprint density at radius 2 is 1.66 bits per heavy atom. The van der Waals surface area contributed by atoms with E-state index in [0.29, 0.717) is 73.5 Å². The second kappa shape index (κ2) is 24.7. The minimum absolute atomic E-state index is 0.0147. The van der Waals surface area contributed by atoms with Gasteiger partial charge >= 0.3 is 6.09 Å². The van der Waals surface area contributed by atoms with Gasteiger partial charge in [0, 0.05) is 73.4 Å². The summed E-state index contributed by atoms with van der Waals surface area (Å²) in [4.78, 5) is 105. The van der Waals surface area contributed by atoms with Crippen molar-refractivity contribution in [1.82, 2.24) is 45.7 Å². The van der Waals surface area contributed by atoms with Gasteiger partial charge in [-0.2, -0.15) is 0 Å². The molecule has 2 atom stereocenters. The lowest BCUT2D eigenvalue weighted by atomic mass is 10.0. The van der Waals surface area contributed by atoms with Gasteiger partial charge in [0.25, 0.3) is 23.3 Å². The molecule has 0 aliphatic carbocycles. The maximum Gasteiger partial charge on any atom is 0.408 e. The van der Waals surface area contributed by atoms with Gasteiger partial charge in [-0.1, -0.05) is 17.3 Å². The first kappa shape index (κ1) is 55.9. The Labute approximate surface area is 444 Å². The highest BCUT2D eigenvalue weighted by molar-refractivity contribution is 9.10. The first-order valence-electron chi connectivity index (χ1n) is 24.8. The van der Waals surface area contributed by atoms with Gasteiger partial charge in [-0.05, 0) is 137 Å². The van der Waals surface area contributed by atoms with E-state index < -0.39 is 70.5 Å². The summed E-state index contributed by atoms with van der Waals surface area (Å²) < 4.78 is 41.9. The highest BCUT2D eigenvalue weighted by atomic mass is 79.9. The van der Waals surface area contributed by atoms with Crippen molar-refractivity contribution in [2.45, 2.75) is 117 Å². The lowest BCUT2D eigenvalue weighted by Gasteiger charge is -2.27. The SMILES string of the molecule is Cc1ccc(C(=O)NCCCCc2cn(CCC(NC(=O)OC(C)(C)C)C(=O)NCCCCNc3cccc4c3C(=O)N(C3CCC(=O)NC3=O)C4=O)nn2)cc1-n1c(C)cc(OCc2ccc(F)cc2F)c(Br)c1=O. The lowest BCUT2D eigenvalue weighted by Crippen LogP contribution is -2.54. The highest BCUT2D eigenvalue weighted by Crippen LogP contribution is 2.33. The van der Waals surface area contributed by atoms with Crippen LogP contribution in [0.5, 0.6) is 5.75 Å². The van der Waals surface area contributed by atoms with Gasteiger partial charge in [-0.25, -0.2) is 13.6 Å². The van der Waals surface area contributed by atoms with Gasteiger partial charge in [0.1, 0.15) is 46.1 Å². The molecule has 76 heavy (non-hydrogen) atoms. The third-order valence-electron chi connectivity index (χ3n) is 12.5. The Balaban J connectivity index is 0.852. The van der Waals surface area contributed by atoms with Crippen molar-refractivity contribution in [3.63, 3.8) is 0 Å². The quantitative estimate of drug-likeness (QED) is 0.0388. The smallest absolute Gasteiger partial charge is 0.408 e. The number of benzene rings is 3. The van der Waals surface area contributed by atoms with Gasteiger partial charge in [0.2, 0.25) is 17.7 Å². The number of halogens is 3. The number of aromatic nitrogens is 4. The van der Waals surface area contributed by atoms with Crippen LogP contribution >= 0.6 is 15.9 Å². The van der Waals surface area contributed by atoms with Crippen LogP contribution in [0.3, 0.4) is 0 Å². The number of fused-ring (bicyclic) bond motifs is 1. The van der Waals surface area contributed by atoms with Crippen LogP contribution in [-0.4, -0.2) is 103 Å². The molecule has 2 unspecified atom stereocenters. The van der Waals surface area contributed by atoms with E-state index in [4.69, 9.17) is 9.47 Å². The molecule has 5 aromatic rings. The van der Waals surface area contributed by atoms with Crippen molar-refractivity contribution in [2.24, 2.45) is 0 Å². The van der Waals surface area contributed by atoms with Crippen LogP contribution < -0.4 is 36.9 Å². The first-order chi connectivity index (χ1) is 36.2. The molecule has 0 radical (unpaired) electrons. The number of piperidine rings is 1. The minimum atomic E-state index is -1.08. The fraction of sp³-hybridized carbons (Fsp3) is 0.396. The number of ether oxygens (including phenoxy) is 2. The molecule has 1 fully saturated rings. The zero-order valence-electron chi connectivity index (χ0n) is 42.7. The number of carbonyl (C=O) groups is 7. The van der Waals surface area contributed by atoms with E-state index in [-0.39, 0.29) is 71.8 Å². The van der Waals surface area contributed by atoms with Gasteiger partial charge < -0.3 is 30.7 Å². The number of aryl methyl sites for hydroxylation is 4. The van der Waals surface area contributed by atoms with Crippen molar-refractivity contribution >= 4 is 63.2 Å². The first-order valence-corrected chi connectivity index (χ1v) is 25.6. The average Bonchev–Trinajstić information content (AvgIpc) is 3.94. The number of imide groups is 2. The monoisotopic (exact) mass is 1110 g/mol. The standard InChI is InChI=1S/C53H59BrF2N10O10/c1-30-14-15-32(26-41(30)65-31(2)25-42(45(54)51(65)73)75-29-33-16-17-34(55)27-37(33)56)46(68)58-22-7-6-11-35-28-64(63-62-35)24-20-39(60-52(74)76-53(3,4)5)47(69)59-23-9-8-21-57-38-13-10-12-36-44(38)50(72)66(49(36)71)40-18-19-43(67)61-48(40)70/h10,12-17,25-28,39-40,57H,6-9,11,18-24,29H2,1-5H3,(H,58,68)(H,59,69)(H,60,74)(H,61,67,70). The molecule has 0 spiro atoms. The lowest BCUT2D eigenvalue weighted by molar-refractivity contribution is -0.136. The molecule has 5 N–H and O–H groups in total. The molecule has 2 aromatic heterocycles. The number of hydrogen-bond donors (Lipinski definition) is 5.